The molecule has 170 valence electrons. The van der Waals surface area contributed by atoms with E-state index in [1.165, 1.54) is 28.7 Å². The van der Waals surface area contributed by atoms with Gasteiger partial charge in [-0.3, -0.25) is 14.3 Å². The number of hydrogen-bond acceptors (Lipinski definition) is 6. The molecule has 0 atom stereocenters. The summed E-state index contributed by atoms with van der Waals surface area (Å²) in [5.74, 6) is 1.02. The molecular formula is C25H27N5OS2. The summed E-state index contributed by atoms with van der Waals surface area (Å²) < 4.78 is 2.09. The average molecular weight is 478 g/mol. The van der Waals surface area contributed by atoms with Gasteiger partial charge in [-0.1, -0.05) is 87.1 Å². The zero-order valence-electron chi connectivity index (χ0n) is 19.2. The summed E-state index contributed by atoms with van der Waals surface area (Å²) in [4.78, 5) is 18.5. The molecule has 33 heavy (non-hydrogen) atoms. The molecule has 2 aromatic carbocycles. The molecule has 4 rings (SSSR count). The molecule has 0 aliphatic heterocycles. The van der Waals surface area contributed by atoms with Gasteiger partial charge in [0, 0.05) is 24.2 Å². The SMILES string of the molecule is CN(C(=O)CSc1nnc(-c2ccc(C(C)(C)C)cc2)n1Cc1ccccc1)c1nccs1. The molecule has 0 N–H and O–H groups in total. The number of carbonyl (C=O) groups is 1. The van der Waals surface area contributed by atoms with Crippen molar-refractivity contribution in [2.75, 3.05) is 17.7 Å². The van der Waals surface area contributed by atoms with Crippen LogP contribution in [-0.2, 0) is 16.8 Å². The molecule has 8 heteroatoms. The van der Waals surface area contributed by atoms with E-state index in [1.807, 2.05) is 23.6 Å². The third-order valence-electron chi connectivity index (χ3n) is 5.31. The Morgan fingerprint density at radius 3 is 2.42 bits per heavy atom. The second-order valence-corrected chi connectivity index (χ2v) is 10.6. The van der Waals surface area contributed by atoms with Gasteiger partial charge in [0.1, 0.15) is 0 Å². The first-order valence-corrected chi connectivity index (χ1v) is 12.6. The Morgan fingerprint density at radius 1 is 1.06 bits per heavy atom. The molecule has 0 aliphatic rings. The molecular weight excluding hydrogens is 450 g/mol. The van der Waals surface area contributed by atoms with Crippen molar-refractivity contribution in [3.63, 3.8) is 0 Å². The summed E-state index contributed by atoms with van der Waals surface area (Å²) in [6.45, 7) is 7.24. The number of benzene rings is 2. The molecule has 0 spiro atoms. The lowest BCUT2D eigenvalue weighted by Gasteiger charge is -2.19. The van der Waals surface area contributed by atoms with E-state index in [2.05, 4.69) is 76.9 Å². The van der Waals surface area contributed by atoms with E-state index < -0.39 is 0 Å². The standard InChI is InChI=1S/C25H27N5OS2/c1-25(2,3)20-12-10-19(11-13-20)22-27-28-24(30(22)16-18-8-6-5-7-9-18)33-17-21(31)29(4)23-26-14-15-32-23/h5-15H,16-17H2,1-4H3. The van der Waals surface area contributed by atoms with Crippen LogP contribution in [0.4, 0.5) is 5.13 Å². The topological polar surface area (TPSA) is 63.9 Å². The number of nitrogens with zero attached hydrogens (tertiary/aromatic N) is 5. The third kappa shape index (κ3) is 5.51. The lowest BCUT2D eigenvalue weighted by molar-refractivity contribution is -0.115. The fraction of sp³-hybridized carbons (Fsp3) is 0.280. The van der Waals surface area contributed by atoms with E-state index in [9.17, 15) is 4.79 Å². The van der Waals surface area contributed by atoms with E-state index in [0.717, 1.165) is 22.1 Å². The number of aromatic nitrogens is 4. The van der Waals surface area contributed by atoms with Crippen LogP contribution in [0.15, 0.2) is 71.3 Å². The molecule has 0 radical (unpaired) electrons. The van der Waals surface area contributed by atoms with Crippen molar-refractivity contribution < 1.29 is 4.79 Å². The Balaban J connectivity index is 1.60. The monoisotopic (exact) mass is 477 g/mol. The van der Waals surface area contributed by atoms with Crippen LogP contribution in [0.25, 0.3) is 11.4 Å². The molecule has 2 aromatic heterocycles. The normalized spacial score (nSPS) is 11.5. The van der Waals surface area contributed by atoms with E-state index in [1.54, 1.807) is 18.1 Å². The summed E-state index contributed by atoms with van der Waals surface area (Å²) in [7, 11) is 1.75. The van der Waals surface area contributed by atoms with Gasteiger partial charge in [0.2, 0.25) is 5.91 Å². The molecule has 0 aliphatic carbocycles. The zero-order valence-corrected chi connectivity index (χ0v) is 20.9. The van der Waals surface area contributed by atoms with Crippen LogP contribution in [-0.4, -0.2) is 38.5 Å². The largest absolute Gasteiger partial charge is 0.298 e. The fourth-order valence-electron chi connectivity index (χ4n) is 3.35. The van der Waals surface area contributed by atoms with Crippen LogP contribution in [0, 0.1) is 0 Å². The number of thiazole rings is 1. The molecule has 6 nitrogen and oxygen atoms in total. The number of amides is 1. The molecule has 0 saturated heterocycles. The highest BCUT2D eigenvalue weighted by atomic mass is 32.2. The van der Waals surface area contributed by atoms with Crippen molar-refractivity contribution in [2.45, 2.75) is 37.9 Å². The highest BCUT2D eigenvalue weighted by Crippen LogP contribution is 2.29. The first kappa shape index (κ1) is 23.2. The number of anilines is 1. The number of carbonyl (C=O) groups excluding carboxylic acids is 1. The predicted molar refractivity (Wildman–Crippen MR) is 136 cm³/mol. The second-order valence-electron chi connectivity index (χ2n) is 8.76. The van der Waals surface area contributed by atoms with Crippen LogP contribution in [0.1, 0.15) is 31.9 Å². The van der Waals surface area contributed by atoms with Gasteiger partial charge in [-0.15, -0.1) is 21.5 Å². The van der Waals surface area contributed by atoms with Crippen LogP contribution < -0.4 is 4.90 Å². The number of rotatable bonds is 7. The van der Waals surface area contributed by atoms with Crippen molar-refractivity contribution >= 4 is 34.1 Å². The second kappa shape index (κ2) is 9.89. The van der Waals surface area contributed by atoms with Gasteiger partial charge < -0.3 is 0 Å². The lowest BCUT2D eigenvalue weighted by Crippen LogP contribution is -2.27. The van der Waals surface area contributed by atoms with Crippen molar-refractivity contribution in [1.82, 2.24) is 19.7 Å². The van der Waals surface area contributed by atoms with Gasteiger partial charge in [-0.2, -0.15) is 0 Å². The first-order valence-electron chi connectivity index (χ1n) is 10.7. The summed E-state index contributed by atoms with van der Waals surface area (Å²) in [6, 6.07) is 18.7. The van der Waals surface area contributed by atoms with Crippen LogP contribution in [0.2, 0.25) is 0 Å². The molecule has 0 fully saturated rings. The molecule has 4 aromatic rings. The molecule has 0 unspecified atom stereocenters. The van der Waals surface area contributed by atoms with E-state index in [-0.39, 0.29) is 17.1 Å². The number of hydrogen-bond donors (Lipinski definition) is 0. The molecule has 1 amide bonds. The minimum absolute atomic E-state index is 0.0275. The Hall–Kier alpha value is -2.97. The van der Waals surface area contributed by atoms with Crippen LogP contribution in [0.3, 0.4) is 0 Å². The van der Waals surface area contributed by atoms with E-state index in [4.69, 9.17) is 0 Å². The van der Waals surface area contributed by atoms with Crippen LogP contribution in [0.5, 0.6) is 0 Å². The molecule has 0 bridgehead atoms. The Morgan fingerprint density at radius 2 is 1.79 bits per heavy atom. The van der Waals surface area contributed by atoms with Crippen molar-refractivity contribution in [3.8, 4) is 11.4 Å². The maximum absolute atomic E-state index is 12.7. The van der Waals surface area contributed by atoms with E-state index >= 15 is 0 Å². The Bertz CT molecular complexity index is 1200. The summed E-state index contributed by atoms with van der Waals surface area (Å²) >= 11 is 2.84. The van der Waals surface area contributed by atoms with Crippen molar-refractivity contribution in [2.24, 2.45) is 0 Å². The van der Waals surface area contributed by atoms with Gasteiger partial charge >= 0.3 is 0 Å². The highest BCUT2D eigenvalue weighted by Gasteiger charge is 2.20. The minimum Gasteiger partial charge on any atom is -0.298 e. The lowest BCUT2D eigenvalue weighted by atomic mass is 9.87. The fourth-order valence-corrected chi connectivity index (χ4v) is 4.82. The van der Waals surface area contributed by atoms with Gasteiger partial charge in [0.05, 0.1) is 12.3 Å². The van der Waals surface area contributed by atoms with Gasteiger partial charge in [-0.25, -0.2) is 4.98 Å². The summed E-state index contributed by atoms with van der Waals surface area (Å²) in [5.41, 5.74) is 3.51. The van der Waals surface area contributed by atoms with Crippen molar-refractivity contribution in [1.29, 1.82) is 0 Å². The quantitative estimate of drug-likeness (QED) is 0.329. The predicted octanol–water partition coefficient (Wildman–Crippen LogP) is 5.50. The summed E-state index contributed by atoms with van der Waals surface area (Å²) in [6.07, 6.45) is 1.70. The average Bonchev–Trinajstić information content (AvgIpc) is 3.48. The Kier molecular flexibility index (Phi) is 6.95. The van der Waals surface area contributed by atoms with Gasteiger partial charge in [0.15, 0.2) is 16.1 Å². The zero-order chi connectivity index (χ0) is 23.4. The molecule has 0 saturated carbocycles. The van der Waals surface area contributed by atoms with Crippen LogP contribution >= 0.6 is 23.1 Å². The first-order chi connectivity index (χ1) is 15.8. The highest BCUT2D eigenvalue weighted by molar-refractivity contribution is 7.99. The maximum Gasteiger partial charge on any atom is 0.238 e. The van der Waals surface area contributed by atoms with Crippen molar-refractivity contribution in [3.05, 3.63) is 77.3 Å². The minimum atomic E-state index is -0.0275. The third-order valence-corrected chi connectivity index (χ3v) is 7.11. The summed E-state index contributed by atoms with van der Waals surface area (Å²) in [5, 5.41) is 12.2. The number of thioether (sulfide) groups is 1. The van der Waals surface area contributed by atoms with E-state index in [0.29, 0.717) is 11.7 Å². The molecule has 2 heterocycles. The Labute approximate surface area is 202 Å². The van der Waals surface area contributed by atoms with Gasteiger partial charge in [-0.05, 0) is 16.5 Å². The smallest absolute Gasteiger partial charge is 0.238 e. The maximum atomic E-state index is 12.7. The van der Waals surface area contributed by atoms with Gasteiger partial charge in [0.25, 0.3) is 0 Å².